The molecule has 4 fully saturated rings. The lowest BCUT2D eigenvalue weighted by Gasteiger charge is -2.63. The molecule has 0 bridgehead atoms. The van der Waals surface area contributed by atoms with E-state index in [-0.39, 0.29) is 77.9 Å². The lowest BCUT2D eigenvalue weighted by molar-refractivity contribution is -0.207. The second-order valence-corrected chi connectivity index (χ2v) is 15.0. The van der Waals surface area contributed by atoms with Crippen LogP contribution in [0.5, 0.6) is 0 Å². The van der Waals surface area contributed by atoms with Crippen molar-refractivity contribution in [3.8, 4) is 0 Å². The van der Waals surface area contributed by atoms with Gasteiger partial charge in [-0.05, 0) is 97.7 Å². The van der Waals surface area contributed by atoms with E-state index in [4.69, 9.17) is 4.55 Å². The number of carbonyl (C=O) groups is 2. The van der Waals surface area contributed by atoms with E-state index in [1.54, 1.807) is 0 Å². The largest absolute Gasteiger partial charge is 0.393 e. The molecule has 0 aromatic heterocycles. The number of amides is 2. The van der Waals surface area contributed by atoms with Crippen LogP contribution in [-0.2, 0) is 19.7 Å². The van der Waals surface area contributed by atoms with Crippen LogP contribution in [0.15, 0.2) is 0 Å². The van der Waals surface area contributed by atoms with Crippen LogP contribution in [0.1, 0.15) is 78.6 Å². The van der Waals surface area contributed by atoms with Gasteiger partial charge in [-0.3, -0.25) is 14.1 Å². The zero-order chi connectivity index (χ0) is 28.8. The molecule has 4 aliphatic rings. The average Bonchev–Trinajstić information content (AvgIpc) is 3.20. The van der Waals surface area contributed by atoms with Crippen molar-refractivity contribution in [3.05, 3.63) is 0 Å². The number of aliphatic hydroxyl groups is 3. The Morgan fingerprint density at radius 2 is 1.69 bits per heavy atom. The van der Waals surface area contributed by atoms with Crippen molar-refractivity contribution in [2.75, 3.05) is 18.8 Å². The fourth-order valence-electron chi connectivity index (χ4n) is 9.34. The molecule has 0 aromatic rings. The molecule has 39 heavy (non-hydrogen) atoms. The van der Waals surface area contributed by atoms with Crippen LogP contribution in [0.4, 0.5) is 0 Å². The molecule has 0 saturated heterocycles. The summed E-state index contributed by atoms with van der Waals surface area (Å²) in [6.45, 7) is 6.15. The predicted molar refractivity (Wildman–Crippen MR) is 145 cm³/mol. The van der Waals surface area contributed by atoms with Gasteiger partial charge < -0.3 is 26.0 Å². The van der Waals surface area contributed by atoms with Gasteiger partial charge in [0.05, 0.1) is 30.6 Å². The van der Waals surface area contributed by atoms with Gasteiger partial charge in [-0.15, -0.1) is 0 Å². The Morgan fingerprint density at radius 1 is 0.974 bits per heavy atom. The minimum Gasteiger partial charge on any atom is -0.393 e. The topological polar surface area (TPSA) is 173 Å². The maximum absolute atomic E-state index is 12.4. The van der Waals surface area contributed by atoms with E-state index in [1.165, 1.54) is 0 Å². The summed E-state index contributed by atoms with van der Waals surface area (Å²) in [5.74, 6) is -0.0801. The molecule has 0 spiro atoms. The Bertz CT molecular complexity index is 1020. The van der Waals surface area contributed by atoms with E-state index < -0.39 is 34.0 Å². The van der Waals surface area contributed by atoms with Crippen molar-refractivity contribution in [2.24, 2.45) is 46.3 Å². The summed E-state index contributed by atoms with van der Waals surface area (Å²) in [6, 6.07) is 0. The maximum atomic E-state index is 12.4. The van der Waals surface area contributed by atoms with Crippen LogP contribution in [0.25, 0.3) is 0 Å². The molecule has 4 aliphatic carbocycles. The van der Waals surface area contributed by atoms with Gasteiger partial charge in [0.25, 0.3) is 10.1 Å². The van der Waals surface area contributed by atoms with Gasteiger partial charge in [-0.1, -0.05) is 20.8 Å². The first-order valence-electron chi connectivity index (χ1n) is 14.7. The summed E-state index contributed by atoms with van der Waals surface area (Å²) >= 11 is 0. The second-order valence-electron chi connectivity index (χ2n) is 13.5. The van der Waals surface area contributed by atoms with Gasteiger partial charge in [0.2, 0.25) is 11.8 Å². The molecule has 11 heteroatoms. The minimum atomic E-state index is -4.16. The number of hydrogen-bond acceptors (Lipinski definition) is 7. The van der Waals surface area contributed by atoms with Crippen molar-refractivity contribution < 1.29 is 37.9 Å². The van der Waals surface area contributed by atoms with Gasteiger partial charge in [0.1, 0.15) is 0 Å². The van der Waals surface area contributed by atoms with Gasteiger partial charge >= 0.3 is 0 Å². The first kappa shape index (κ1) is 30.7. The molecule has 4 rings (SSSR count). The van der Waals surface area contributed by atoms with Gasteiger partial charge in [-0.2, -0.15) is 8.42 Å². The highest BCUT2D eigenvalue weighted by atomic mass is 32.2. The summed E-state index contributed by atoms with van der Waals surface area (Å²) in [7, 11) is -4.16. The summed E-state index contributed by atoms with van der Waals surface area (Å²) < 4.78 is 30.2. The molecular formula is C28H48N2O8S. The van der Waals surface area contributed by atoms with Gasteiger partial charge in [0, 0.05) is 13.0 Å². The Hall–Kier alpha value is -1.27. The molecular weight excluding hydrogens is 524 g/mol. The summed E-state index contributed by atoms with van der Waals surface area (Å²) in [6.07, 6.45) is 5.44. The van der Waals surface area contributed by atoms with Crippen LogP contribution in [0.3, 0.4) is 0 Å². The Morgan fingerprint density at radius 3 is 2.38 bits per heavy atom. The van der Waals surface area contributed by atoms with Crippen molar-refractivity contribution in [1.82, 2.24) is 10.6 Å². The van der Waals surface area contributed by atoms with E-state index >= 15 is 0 Å². The zero-order valence-corrected chi connectivity index (χ0v) is 24.3. The maximum Gasteiger partial charge on any atom is 0.266 e. The SMILES string of the molecule is C[C@@H](CCC(=O)NCC(=O)NCCS(=O)(=O)O)[C@H]1CCC2C3C(C[C@H](O)[C@@]21C)[C@@]1(C)CC[C@@H](O)C[C@H]1C[C@H]3O. The Kier molecular flexibility index (Phi) is 9.08. The monoisotopic (exact) mass is 572 g/mol. The molecule has 3 unspecified atom stereocenters. The fourth-order valence-corrected chi connectivity index (χ4v) is 9.70. The average molecular weight is 573 g/mol. The fraction of sp³-hybridized carbons (Fsp3) is 0.929. The molecule has 0 radical (unpaired) electrons. The van der Waals surface area contributed by atoms with Crippen LogP contribution in [-0.4, -0.2) is 77.3 Å². The highest BCUT2D eigenvalue weighted by Gasteiger charge is 2.65. The van der Waals surface area contributed by atoms with Crippen LogP contribution in [0, 0.1) is 46.3 Å². The lowest BCUT2D eigenvalue weighted by atomic mass is 9.43. The molecule has 0 heterocycles. The van der Waals surface area contributed by atoms with Gasteiger partial charge in [0.15, 0.2) is 0 Å². The zero-order valence-electron chi connectivity index (χ0n) is 23.5. The normalized spacial score (nSPS) is 42.5. The number of carbonyl (C=O) groups excluding carboxylic acids is 2. The molecule has 0 aromatic carbocycles. The molecule has 4 saturated carbocycles. The Labute approximate surface area is 232 Å². The van der Waals surface area contributed by atoms with Gasteiger partial charge in [-0.25, -0.2) is 0 Å². The van der Waals surface area contributed by atoms with Crippen molar-refractivity contribution in [3.63, 3.8) is 0 Å². The lowest BCUT2D eigenvalue weighted by Crippen LogP contribution is -2.62. The number of aliphatic hydroxyl groups excluding tert-OH is 3. The van der Waals surface area contributed by atoms with Crippen molar-refractivity contribution in [2.45, 2.75) is 96.9 Å². The van der Waals surface area contributed by atoms with Crippen LogP contribution >= 0.6 is 0 Å². The van der Waals surface area contributed by atoms with Crippen molar-refractivity contribution in [1.29, 1.82) is 0 Å². The first-order chi connectivity index (χ1) is 18.2. The van der Waals surface area contributed by atoms with E-state index in [0.29, 0.717) is 12.8 Å². The van der Waals surface area contributed by atoms with Crippen LogP contribution < -0.4 is 10.6 Å². The number of fused-ring (bicyclic) bond motifs is 5. The smallest absolute Gasteiger partial charge is 0.266 e. The van der Waals surface area contributed by atoms with Crippen LogP contribution in [0.2, 0.25) is 0 Å². The Balaban J connectivity index is 1.33. The number of nitrogens with one attached hydrogen (secondary N) is 2. The molecule has 11 atom stereocenters. The third-order valence-electron chi connectivity index (χ3n) is 11.5. The predicted octanol–water partition coefficient (Wildman–Crippen LogP) is 1.48. The van der Waals surface area contributed by atoms with E-state index in [0.717, 1.165) is 38.5 Å². The highest BCUT2D eigenvalue weighted by Crippen LogP contribution is 2.68. The second kappa shape index (κ2) is 11.5. The molecule has 0 aliphatic heterocycles. The first-order valence-corrected chi connectivity index (χ1v) is 16.3. The number of hydrogen-bond donors (Lipinski definition) is 6. The van der Waals surface area contributed by atoms with E-state index in [1.807, 2.05) is 0 Å². The standard InChI is InChI=1S/C28H48N2O8S/c1-16(4-7-24(34)30-15-25(35)29-10-11-39(36,37)38)19-5-6-20-26-21(14-23(33)28(19,20)3)27(2)9-8-18(31)12-17(27)13-22(26)32/h16-23,26,31-33H,4-15H2,1-3H3,(H,29,35)(H,30,34)(H,36,37,38)/t16-,17-,18+,19+,20?,21?,22+,23-,26?,27-,28+/m0/s1. The van der Waals surface area contributed by atoms with E-state index in [9.17, 15) is 33.3 Å². The summed E-state index contributed by atoms with van der Waals surface area (Å²) in [4.78, 5) is 24.2. The summed E-state index contributed by atoms with van der Waals surface area (Å²) in [5, 5.41) is 38.3. The van der Waals surface area contributed by atoms with Crippen molar-refractivity contribution >= 4 is 21.9 Å². The molecule has 10 nitrogen and oxygen atoms in total. The quantitative estimate of drug-likeness (QED) is 0.225. The summed E-state index contributed by atoms with van der Waals surface area (Å²) in [5.41, 5.74) is -0.297. The molecule has 224 valence electrons. The minimum absolute atomic E-state index is 0.0336. The highest BCUT2D eigenvalue weighted by molar-refractivity contribution is 7.85. The third kappa shape index (κ3) is 6.17. The molecule has 2 amide bonds. The van der Waals surface area contributed by atoms with E-state index in [2.05, 4.69) is 31.4 Å². The molecule has 6 N–H and O–H groups in total. The number of rotatable bonds is 9. The third-order valence-corrected chi connectivity index (χ3v) is 12.2.